The Hall–Kier alpha value is -1.86. The quantitative estimate of drug-likeness (QED) is 0.853. The predicted molar refractivity (Wildman–Crippen MR) is 92.2 cm³/mol. The van der Waals surface area contributed by atoms with E-state index in [1.807, 2.05) is 30.5 Å². The molecular weight excluding hydrogens is 326 g/mol. The molecule has 128 valence electrons. The van der Waals surface area contributed by atoms with Crippen molar-refractivity contribution in [1.29, 1.82) is 0 Å². The second kappa shape index (κ2) is 5.60. The molecule has 2 aliphatic heterocycles. The van der Waals surface area contributed by atoms with Crippen LogP contribution in [-0.2, 0) is 21.1 Å². The third kappa shape index (κ3) is 2.52. The van der Waals surface area contributed by atoms with E-state index in [1.165, 1.54) is 0 Å². The van der Waals surface area contributed by atoms with Crippen molar-refractivity contribution in [1.82, 2.24) is 9.88 Å². The minimum atomic E-state index is -3.15. The summed E-state index contributed by atoms with van der Waals surface area (Å²) in [5.74, 6) is -0.0381. The van der Waals surface area contributed by atoms with E-state index < -0.39 is 15.1 Å². The number of carbonyl (C=O) groups is 1. The summed E-state index contributed by atoms with van der Waals surface area (Å²) < 4.78 is 24.2. The van der Waals surface area contributed by atoms with Crippen molar-refractivity contribution < 1.29 is 13.2 Å². The largest absolute Gasteiger partial charge is 0.361 e. The molecule has 3 atom stereocenters. The molecule has 1 aromatic heterocycles. The zero-order chi connectivity index (χ0) is 16.9. The van der Waals surface area contributed by atoms with Gasteiger partial charge in [-0.15, -0.1) is 0 Å². The topological polar surface area (TPSA) is 96.3 Å². The maximum atomic E-state index is 12.5. The average molecular weight is 347 g/mol. The molecule has 3 heterocycles. The van der Waals surface area contributed by atoms with Crippen LogP contribution < -0.4 is 5.73 Å². The Kier molecular flexibility index (Phi) is 3.65. The van der Waals surface area contributed by atoms with Crippen molar-refractivity contribution in [3.63, 3.8) is 0 Å². The lowest BCUT2D eigenvalue weighted by Gasteiger charge is -2.18. The smallest absolute Gasteiger partial charge is 0.222 e. The van der Waals surface area contributed by atoms with Crippen LogP contribution in [0.25, 0.3) is 10.9 Å². The molecule has 2 saturated heterocycles. The molecule has 2 aliphatic rings. The molecular formula is C17H21N3O3S. The summed E-state index contributed by atoms with van der Waals surface area (Å²) in [5.41, 5.74) is 8.13. The first-order chi connectivity index (χ1) is 11.5. The maximum absolute atomic E-state index is 12.5. The first-order valence-electron chi connectivity index (χ1n) is 8.25. The monoisotopic (exact) mass is 347 g/mol. The summed E-state index contributed by atoms with van der Waals surface area (Å²) in [6, 6.07) is 7.66. The maximum Gasteiger partial charge on any atom is 0.222 e. The number of fused-ring (bicyclic) bond motifs is 2. The number of nitrogens with one attached hydrogen (secondary N) is 1. The number of aromatic nitrogens is 1. The summed E-state index contributed by atoms with van der Waals surface area (Å²) in [4.78, 5) is 17.4. The van der Waals surface area contributed by atoms with Gasteiger partial charge in [-0.2, -0.15) is 0 Å². The lowest BCUT2D eigenvalue weighted by molar-refractivity contribution is -0.130. The number of carbonyl (C=O) groups excluding carboxylic acids is 1. The Morgan fingerprint density at radius 1 is 1.29 bits per heavy atom. The third-order valence-corrected chi connectivity index (χ3v) is 7.65. The van der Waals surface area contributed by atoms with Gasteiger partial charge in [0.25, 0.3) is 0 Å². The summed E-state index contributed by atoms with van der Waals surface area (Å²) in [6.45, 7) is 0.769. The van der Waals surface area contributed by atoms with Crippen LogP contribution >= 0.6 is 0 Å². The summed E-state index contributed by atoms with van der Waals surface area (Å²) in [7, 11) is -3.15. The van der Waals surface area contributed by atoms with E-state index >= 15 is 0 Å². The molecule has 0 saturated carbocycles. The number of sulfone groups is 1. The van der Waals surface area contributed by atoms with Crippen molar-refractivity contribution >= 4 is 26.6 Å². The molecule has 24 heavy (non-hydrogen) atoms. The first kappa shape index (κ1) is 15.7. The number of nitrogens with two attached hydrogens (primary N) is 1. The number of H-pyrrole nitrogens is 1. The Labute approximate surface area is 140 Å². The van der Waals surface area contributed by atoms with E-state index in [0.717, 1.165) is 16.5 Å². The van der Waals surface area contributed by atoms with Gasteiger partial charge >= 0.3 is 0 Å². The standard InChI is InChI=1S/C17H21N3O3S/c18-14-10-24(22,23)16-9-20(8-13(14)16)17(21)6-5-11-7-19-15-4-2-1-3-12(11)15/h1-4,7,13-14,16,19H,5-6,8-10,18H2/t13-,14+,16-/m0/s1. The van der Waals surface area contributed by atoms with E-state index in [9.17, 15) is 13.2 Å². The molecule has 0 spiro atoms. The van der Waals surface area contributed by atoms with Crippen molar-refractivity contribution in [3.8, 4) is 0 Å². The van der Waals surface area contributed by atoms with Crippen molar-refractivity contribution in [3.05, 3.63) is 36.0 Å². The van der Waals surface area contributed by atoms with Gasteiger partial charge in [0, 0.05) is 48.6 Å². The minimum Gasteiger partial charge on any atom is -0.361 e. The van der Waals surface area contributed by atoms with E-state index in [1.54, 1.807) is 4.90 Å². The number of amides is 1. The van der Waals surface area contributed by atoms with E-state index in [-0.39, 0.29) is 23.6 Å². The molecule has 2 aromatic rings. The van der Waals surface area contributed by atoms with Crippen LogP contribution in [0, 0.1) is 5.92 Å². The summed E-state index contributed by atoms with van der Waals surface area (Å²) >= 11 is 0. The molecule has 0 bridgehead atoms. The van der Waals surface area contributed by atoms with Gasteiger partial charge in [-0.05, 0) is 18.1 Å². The highest BCUT2D eigenvalue weighted by molar-refractivity contribution is 7.92. The van der Waals surface area contributed by atoms with Crippen LogP contribution in [0.3, 0.4) is 0 Å². The van der Waals surface area contributed by atoms with E-state index in [2.05, 4.69) is 4.98 Å². The van der Waals surface area contributed by atoms with Crippen molar-refractivity contribution in [2.75, 3.05) is 18.8 Å². The molecule has 0 radical (unpaired) electrons. The van der Waals surface area contributed by atoms with Gasteiger partial charge in [-0.3, -0.25) is 4.79 Å². The van der Waals surface area contributed by atoms with Crippen molar-refractivity contribution in [2.45, 2.75) is 24.1 Å². The number of rotatable bonds is 3. The molecule has 2 fully saturated rings. The number of nitrogens with zero attached hydrogens (tertiary/aromatic N) is 1. The normalized spacial score (nSPS) is 28.4. The Balaban J connectivity index is 1.43. The molecule has 3 N–H and O–H groups in total. The number of aryl methyl sites for hydroxylation is 1. The van der Waals surface area contributed by atoms with Gasteiger partial charge in [0.15, 0.2) is 9.84 Å². The van der Waals surface area contributed by atoms with Gasteiger partial charge in [0.2, 0.25) is 5.91 Å². The predicted octanol–water partition coefficient (Wildman–Crippen LogP) is 0.683. The lowest BCUT2D eigenvalue weighted by Crippen LogP contribution is -2.35. The van der Waals surface area contributed by atoms with Crippen LogP contribution in [0.5, 0.6) is 0 Å². The van der Waals surface area contributed by atoms with Crippen LogP contribution in [0.2, 0.25) is 0 Å². The molecule has 6 nitrogen and oxygen atoms in total. The molecule has 0 aliphatic carbocycles. The number of para-hydroxylation sites is 1. The average Bonchev–Trinajstić information content (AvgIpc) is 3.21. The summed E-state index contributed by atoms with van der Waals surface area (Å²) in [6.07, 6.45) is 2.97. The fraction of sp³-hybridized carbons (Fsp3) is 0.471. The number of hydrogen-bond acceptors (Lipinski definition) is 4. The van der Waals surface area contributed by atoms with Crippen LogP contribution in [-0.4, -0.2) is 54.3 Å². The first-order valence-corrected chi connectivity index (χ1v) is 9.97. The molecule has 1 amide bonds. The Morgan fingerprint density at radius 3 is 2.88 bits per heavy atom. The zero-order valence-electron chi connectivity index (χ0n) is 13.3. The number of hydrogen-bond donors (Lipinski definition) is 2. The Morgan fingerprint density at radius 2 is 2.08 bits per heavy atom. The Bertz CT molecular complexity index is 889. The lowest BCUT2D eigenvalue weighted by atomic mass is 10.0. The van der Waals surface area contributed by atoms with E-state index in [0.29, 0.717) is 25.9 Å². The van der Waals surface area contributed by atoms with Crippen LogP contribution in [0.1, 0.15) is 12.0 Å². The van der Waals surface area contributed by atoms with Gasteiger partial charge in [-0.25, -0.2) is 8.42 Å². The second-order valence-electron chi connectivity index (χ2n) is 6.85. The summed E-state index contributed by atoms with van der Waals surface area (Å²) in [5, 5.41) is 0.665. The fourth-order valence-corrected chi connectivity index (χ4v) is 6.31. The molecule has 4 rings (SSSR count). The second-order valence-corrected chi connectivity index (χ2v) is 9.12. The van der Waals surface area contributed by atoms with Crippen LogP contribution in [0.4, 0.5) is 0 Å². The number of likely N-dealkylation sites (tertiary alicyclic amines) is 1. The van der Waals surface area contributed by atoms with Gasteiger partial charge in [0.05, 0.1) is 11.0 Å². The highest BCUT2D eigenvalue weighted by Crippen LogP contribution is 2.33. The number of aromatic amines is 1. The molecule has 1 aromatic carbocycles. The zero-order valence-corrected chi connectivity index (χ0v) is 14.1. The third-order valence-electron chi connectivity index (χ3n) is 5.38. The minimum absolute atomic E-state index is 0.0112. The SMILES string of the molecule is N[C@@H]1CS(=O)(=O)[C@H]2CN(C(=O)CCc3c[nH]c4ccccc34)C[C@@H]12. The van der Waals surface area contributed by atoms with Crippen LogP contribution in [0.15, 0.2) is 30.5 Å². The molecule has 7 heteroatoms. The van der Waals surface area contributed by atoms with Gasteiger partial charge in [0.1, 0.15) is 0 Å². The number of benzene rings is 1. The van der Waals surface area contributed by atoms with E-state index in [4.69, 9.17) is 5.73 Å². The van der Waals surface area contributed by atoms with Gasteiger partial charge < -0.3 is 15.6 Å². The van der Waals surface area contributed by atoms with Crippen molar-refractivity contribution in [2.24, 2.45) is 11.7 Å². The fourth-order valence-electron chi connectivity index (χ4n) is 4.05. The highest BCUT2D eigenvalue weighted by Gasteiger charge is 2.51. The molecule has 0 unspecified atom stereocenters. The van der Waals surface area contributed by atoms with Gasteiger partial charge in [-0.1, -0.05) is 18.2 Å². The highest BCUT2D eigenvalue weighted by atomic mass is 32.2.